The summed E-state index contributed by atoms with van der Waals surface area (Å²) in [6.07, 6.45) is 3.57. The summed E-state index contributed by atoms with van der Waals surface area (Å²) in [5.41, 5.74) is 1.17. The molecule has 3 rings (SSSR count). The Bertz CT molecular complexity index is 600. The van der Waals surface area contributed by atoms with Gasteiger partial charge in [-0.15, -0.1) is 0 Å². The molecule has 0 saturated carbocycles. The molecule has 1 saturated heterocycles. The Morgan fingerprint density at radius 1 is 1.14 bits per heavy atom. The molecule has 2 aromatic rings. The number of rotatable bonds is 3. The average Bonchev–Trinajstić information content (AvgIpc) is 2.96. The minimum Gasteiger partial charge on any atom is -0.333 e. The standard InChI is InChI=1S/C16H20N4O/c1-18-9-11-19(12-10-18)16(21)15-17-7-8-20(15)13-14-5-3-2-4-6-14/h2-8H,9-13H2,1H3. The summed E-state index contributed by atoms with van der Waals surface area (Å²) in [6, 6.07) is 10.1. The Morgan fingerprint density at radius 3 is 2.57 bits per heavy atom. The number of nitrogens with zero attached hydrogens (tertiary/aromatic N) is 4. The summed E-state index contributed by atoms with van der Waals surface area (Å²) < 4.78 is 1.93. The van der Waals surface area contributed by atoms with Crippen LogP contribution in [0.5, 0.6) is 0 Å². The molecular weight excluding hydrogens is 264 g/mol. The van der Waals surface area contributed by atoms with Gasteiger partial charge in [-0.3, -0.25) is 4.79 Å². The molecule has 0 atom stereocenters. The van der Waals surface area contributed by atoms with Crippen molar-refractivity contribution in [2.45, 2.75) is 6.54 Å². The summed E-state index contributed by atoms with van der Waals surface area (Å²) in [7, 11) is 2.08. The van der Waals surface area contributed by atoms with E-state index in [2.05, 4.69) is 29.1 Å². The second kappa shape index (κ2) is 6.10. The van der Waals surface area contributed by atoms with Crippen LogP contribution in [0.1, 0.15) is 16.2 Å². The largest absolute Gasteiger partial charge is 0.333 e. The maximum absolute atomic E-state index is 12.6. The third kappa shape index (κ3) is 3.13. The second-order valence-corrected chi connectivity index (χ2v) is 5.46. The highest BCUT2D eigenvalue weighted by molar-refractivity contribution is 5.91. The van der Waals surface area contributed by atoms with Crippen molar-refractivity contribution < 1.29 is 4.79 Å². The Labute approximate surface area is 124 Å². The number of piperazine rings is 1. The maximum atomic E-state index is 12.6. The number of carbonyl (C=O) groups is 1. The Balaban J connectivity index is 1.74. The molecule has 21 heavy (non-hydrogen) atoms. The molecule has 0 N–H and O–H groups in total. The summed E-state index contributed by atoms with van der Waals surface area (Å²) in [4.78, 5) is 21.0. The maximum Gasteiger partial charge on any atom is 0.289 e. The molecule has 5 nitrogen and oxygen atoms in total. The van der Waals surface area contributed by atoms with Gasteiger partial charge in [0, 0.05) is 45.1 Å². The lowest BCUT2D eigenvalue weighted by molar-refractivity contribution is 0.0647. The van der Waals surface area contributed by atoms with Gasteiger partial charge in [0.05, 0.1) is 0 Å². The van der Waals surface area contributed by atoms with E-state index in [0.717, 1.165) is 26.2 Å². The molecular formula is C16H20N4O. The lowest BCUT2D eigenvalue weighted by Crippen LogP contribution is -2.47. The van der Waals surface area contributed by atoms with Crippen molar-refractivity contribution in [3.8, 4) is 0 Å². The van der Waals surface area contributed by atoms with Crippen molar-refractivity contribution in [3.05, 3.63) is 54.1 Å². The number of hydrogen-bond acceptors (Lipinski definition) is 3. The van der Waals surface area contributed by atoms with Gasteiger partial charge in [0.2, 0.25) is 0 Å². The molecule has 5 heteroatoms. The Hall–Kier alpha value is -2.14. The van der Waals surface area contributed by atoms with E-state index >= 15 is 0 Å². The minimum atomic E-state index is 0.0315. The van der Waals surface area contributed by atoms with E-state index in [-0.39, 0.29) is 5.91 Å². The van der Waals surface area contributed by atoms with E-state index in [1.165, 1.54) is 5.56 Å². The number of imidazole rings is 1. The van der Waals surface area contributed by atoms with Gasteiger partial charge in [-0.2, -0.15) is 0 Å². The lowest BCUT2D eigenvalue weighted by atomic mass is 10.2. The molecule has 0 aliphatic carbocycles. The zero-order valence-corrected chi connectivity index (χ0v) is 12.3. The van der Waals surface area contributed by atoms with Crippen LogP contribution in [0, 0.1) is 0 Å². The molecule has 110 valence electrons. The van der Waals surface area contributed by atoms with E-state index in [0.29, 0.717) is 12.4 Å². The average molecular weight is 284 g/mol. The number of aromatic nitrogens is 2. The van der Waals surface area contributed by atoms with Crippen LogP contribution in [-0.2, 0) is 6.54 Å². The van der Waals surface area contributed by atoms with Crippen molar-refractivity contribution in [2.75, 3.05) is 33.2 Å². The first-order valence-corrected chi connectivity index (χ1v) is 7.27. The third-order valence-corrected chi connectivity index (χ3v) is 3.89. The number of benzene rings is 1. The van der Waals surface area contributed by atoms with E-state index in [9.17, 15) is 4.79 Å². The molecule has 0 bridgehead atoms. The predicted octanol–water partition coefficient (Wildman–Crippen LogP) is 1.32. The fraction of sp³-hybridized carbons (Fsp3) is 0.375. The van der Waals surface area contributed by atoms with Crippen LogP contribution in [0.2, 0.25) is 0 Å². The monoisotopic (exact) mass is 284 g/mol. The van der Waals surface area contributed by atoms with Gasteiger partial charge in [-0.25, -0.2) is 4.98 Å². The van der Waals surface area contributed by atoms with Crippen LogP contribution in [0.25, 0.3) is 0 Å². The number of hydrogen-bond donors (Lipinski definition) is 0. The molecule has 1 aromatic carbocycles. The van der Waals surface area contributed by atoms with Gasteiger partial charge in [0.15, 0.2) is 5.82 Å². The topological polar surface area (TPSA) is 41.4 Å². The fourth-order valence-corrected chi connectivity index (χ4v) is 2.57. The van der Waals surface area contributed by atoms with Crippen molar-refractivity contribution in [1.82, 2.24) is 19.4 Å². The van der Waals surface area contributed by atoms with E-state index < -0.39 is 0 Å². The first-order chi connectivity index (χ1) is 10.2. The summed E-state index contributed by atoms with van der Waals surface area (Å²) in [5.74, 6) is 0.562. The Kier molecular flexibility index (Phi) is 4.01. The molecule has 0 spiro atoms. The van der Waals surface area contributed by atoms with Gasteiger partial charge in [-0.05, 0) is 12.6 Å². The summed E-state index contributed by atoms with van der Waals surface area (Å²) in [6.45, 7) is 4.06. The fourth-order valence-electron chi connectivity index (χ4n) is 2.57. The highest BCUT2D eigenvalue weighted by atomic mass is 16.2. The second-order valence-electron chi connectivity index (χ2n) is 5.46. The zero-order chi connectivity index (χ0) is 14.7. The molecule has 1 aliphatic rings. The van der Waals surface area contributed by atoms with Crippen LogP contribution in [0.15, 0.2) is 42.7 Å². The molecule has 0 radical (unpaired) electrons. The highest BCUT2D eigenvalue weighted by Gasteiger charge is 2.23. The van der Waals surface area contributed by atoms with Gasteiger partial charge in [-0.1, -0.05) is 30.3 Å². The van der Waals surface area contributed by atoms with Gasteiger partial charge >= 0.3 is 0 Å². The van der Waals surface area contributed by atoms with E-state index in [4.69, 9.17) is 0 Å². The number of carbonyl (C=O) groups excluding carboxylic acids is 1. The zero-order valence-electron chi connectivity index (χ0n) is 12.3. The summed E-state index contributed by atoms with van der Waals surface area (Å²) >= 11 is 0. The van der Waals surface area contributed by atoms with Gasteiger partial charge < -0.3 is 14.4 Å². The smallest absolute Gasteiger partial charge is 0.289 e. The third-order valence-electron chi connectivity index (χ3n) is 3.89. The normalized spacial score (nSPS) is 16.1. The Morgan fingerprint density at radius 2 is 1.86 bits per heavy atom. The van der Waals surface area contributed by atoms with Gasteiger partial charge in [0.1, 0.15) is 0 Å². The lowest BCUT2D eigenvalue weighted by Gasteiger charge is -2.32. The van der Waals surface area contributed by atoms with Crippen LogP contribution in [-0.4, -0.2) is 58.5 Å². The first-order valence-electron chi connectivity index (χ1n) is 7.27. The number of likely N-dealkylation sites (N-methyl/N-ethyl adjacent to an activating group) is 1. The van der Waals surface area contributed by atoms with Crippen LogP contribution < -0.4 is 0 Å². The number of amides is 1. The molecule has 1 aliphatic heterocycles. The van der Waals surface area contributed by atoms with E-state index in [1.54, 1.807) is 6.20 Å². The van der Waals surface area contributed by atoms with Crippen molar-refractivity contribution in [2.24, 2.45) is 0 Å². The quantitative estimate of drug-likeness (QED) is 0.853. The molecule has 0 unspecified atom stereocenters. The molecule has 2 heterocycles. The van der Waals surface area contributed by atoms with Crippen molar-refractivity contribution in [1.29, 1.82) is 0 Å². The first kappa shape index (κ1) is 13.8. The van der Waals surface area contributed by atoms with E-state index in [1.807, 2.05) is 33.9 Å². The van der Waals surface area contributed by atoms with Crippen LogP contribution in [0.3, 0.4) is 0 Å². The van der Waals surface area contributed by atoms with Crippen molar-refractivity contribution >= 4 is 5.91 Å². The van der Waals surface area contributed by atoms with Crippen LogP contribution in [0.4, 0.5) is 0 Å². The predicted molar refractivity (Wildman–Crippen MR) is 81.2 cm³/mol. The molecule has 1 amide bonds. The van der Waals surface area contributed by atoms with Crippen LogP contribution >= 0.6 is 0 Å². The minimum absolute atomic E-state index is 0.0315. The molecule has 1 fully saturated rings. The van der Waals surface area contributed by atoms with Crippen molar-refractivity contribution in [3.63, 3.8) is 0 Å². The summed E-state index contributed by atoms with van der Waals surface area (Å²) in [5, 5.41) is 0. The molecule has 1 aromatic heterocycles. The van der Waals surface area contributed by atoms with Gasteiger partial charge in [0.25, 0.3) is 5.91 Å². The highest BCUT2D eigenvalue weighted by Crippen LogP contribution is 2.10. The SMILES string of the molecule is CN1CCN(C(=O)c2nccn2Cc2ccccc2)CC1.